The van der Waals surface area contributed by atoms with E-state index in [1.165, 1.54) is 7.11 Å². The second kappa shape index (κ2) is 11.9. The molecular formula is C24H32N6O4. The van der Waals surface area contributed by atoms with Gasteiger partial charge in [-0.3, -0.25) is 14.6 Å². The number of aromatic nitrogens is 1. The van der Waals surface area contributed by atoms with Crippen LogP contribution in [-0.2, 0) is 32.1 Å². The molecule has 10 nitrogen and oxygen atoms in total. The molecule has 2 heterocycles. The average molecular weight is 469 g/mol. The van der Waals surface area contributed by atoms with Gasteiger partial charge in [0.15, 0.2) is 5.96 Å². The van der Waals surface area contributed by atoms with Crippen molar-refractivity contribution in [2.75, 3.05) is 13.7 Å². The number of amides is 2. The van der Waals surface area contributed by atoms with Crippen molar-refractivity contribution in [3.8, 4) is 0 Å². The molecule has 0 radical (unpaired) electrons. The SMILES string of the molecule is COC(=O)[C@H]1C/C=C\Cn2cc(c3ccccc32)CC(=O)N[C@@H](CCCCN=C(N)N)C(=O)N1. The standard InChI is InChI=1S/C24H32N6O4/c1-34-23(33)19-10-5-7-13-30-15-16(17-8-2-3-11-20(17)30)14-21(31)28-18(22(32)29-19)9-4-6-12-27-24(25)26/h2-3,5,7-8,11,15,18-19H,4,6,9-10,12-14H2,1H3,(H,28,31)(H,29,32)(H4,25,26,27)/b7-5-/t18-,19+/m0/s1. The molecule has 0 saturated carbocycles. The van der Waals surface area contributed by atoms with Crippen molar-refractivity contribution in [1.29, 1.82) is 0 Å². The number of carbonyl (C=O) groups is 3. The summed E-state index contributed by atoms with van der Waals surface area (Å²) in [4.78, 5) is 42.2. The van der Waals surface area contributed by atoms with Gasteiger partial charge < -0.3 is 31.4 Å². The maximum atomic E-state index is 13.0. The lowest BCUT2D eigenvalue weighted by atomic mass is 10.1. The summed E-state index contributed by atoms with van der Waals surface area (Å²) >= 11 is 0. The van der Waals surface area contributed by atoms with Crippen LogP contribution in [0.1, 0.15) is 31.2 Å². The monoisotopic (exact) mass is 468 g/mol. The van der Waals surface area contributed by atoms with Crippen molar-refractivity contribution in [2.45, 2.75) is 50.7 Å². The fourth-order valence-electron chi connectivity index (χ4n) is 4.02. The van der Waals surface area contributed by atoms with Crippen LogP contribution in [0.2, 0.25) is 0 Å². The minimum Gasteiger partial charge on any atom is -0.467 e. The highest BCUT2D eigenvalue weighted by atomic mass is 16.5. The minimum atomic E-state index is -0.852. The summed E-state index contributed by atoms with van der Waals surface area (Å²) < 4.78 is 6.92. The molecule has 1 aliphatic rings. The normalized spacial score (nSPS) is 20.0. The number of carbonyl (C=O) groups excluding carboxylic acids is 3. The Morgan fingerprint density at radius 3 is 2.74 bits per heavy atom. The van der Waals surface area contributed by atoms with Gasteiger partial charge in [-0.25, -0.2) is 4.79 Å². The predicted octanol–water partition coefficient (Wildman–Crippen LogP) is 0.730. The molecule has 0 saturated heterocycles. The van der Waals surface area contributed by atoms with E-state index in [1.54, 1.807) is 0 Å². The number of methoxy groups -OCH3 is 1. The summed E-state index contributed by atoms with van der Waals surface area (Å²) in [6, 6.07) is 6.22. The lowest BCUT2D eigenvalue weighted by Gasteiger charge is -2.22. The minimum absolute atomic E-state index is 0.0113. The van der Waals surface area contributed by atoms with Gasteiger partial charge in [0, 0.05) is 30.2 Å². The number of hydrogen-bond donors (Lipinski definition) is 4. The Bertz CT molecular complexity index is 1090. The Hall–Kier alpha value is -3.82. The molecule has 2 aromatic rings. The van der Waals surface area contributed by atoms with Gasteiger partial charge in [0.1, 0.15) is 12.1 Å². The molecule has 6 N–H and O–H groups in total. The van der Waals surface area contributed by atoms with Crippen LogP contribution in [-0.4, -0.2) is 54.0 Å². The number of nitrogens with zero attached hydrogens (tertiary/aromatic N) is 2. The molecular weight excluding hydrogens is 436 g/mol. The Balaban J connectivity index is 1.85. The highest BCUT2D eigenvalue weighted by Gasteiger charge is 2.27. The molecule has 182 valence electrons. The third-order valence-electron chi connectivity index (χ3n) is 5.71. The summed E-state index contributed by atoms with van der Waals surface area (Å²) in [6.07, 6.45) is 7.79. The summed E-state index contributed by atoms with van der Waals surface area (Å²) in [5.74, 6) is -1.23. The Kier molecular flexibility index (Phi) is 8.66. The van der Waals surface area contributed by atoms with Crippen molar-refractivity contribution in [3.05, 3.63) is 48.2 Å². The van der Waals surface area contributed by atoms with Gasteiger partial charge in [0.25, 0.3) is 0 Å². The average Bonchev–Trinajstić information content (AvgIpc) is 3.15. The predicted molar refractivity (Wildman–Crippen MR) is 130 cm³/mol. The number of fused-ring (bicyclic) bond motifs is 5. The van der Waals surface area contributed by atoms with Crippen molar-refractivity contribution in [3.63, 3.8) is 0 Å². The lowest BCUT2D eigenvalue weighted by Crippen LogP contribution is -2.52. The van der Waals surface area contributed by atoms with Crippen LogP contribution in [0.4, 0.5) is 0 Å². The van der Waals surface area contributed by atoms with Crippen molar-refractivity contribution >= 4 is 34.6 Å². The number of rotatable bonds is 6. The number of benzene rings is 1. The first-order valence-corrected chi connectivity index (χ1v) is 11.3. The van der Waals surface area contributed by atoms with Crippen molar-refractivity contribution in [2.24, 2.45) is 16.5 Å². The zero-order valence-corrected chi connectivity index (χ0v) is 19.3. The molecule has 0 unspecified atom stereocenters. The van der Waals surface area contributed by atoms with E-state index in [-0.39, 0.29) is 24.7 Å². The van der Waals surface area contributed by atoms with Gasteiger partial charge in [-0.05, 0) is 37.3 Å². The van der Waals surface area contributed by atoms with E-state index in [9.17, 15) is 14.4 Å². The molecule has 2 atom stereocenters. The molecule has 1 aliphatic heterocycles. The third-order valence-corrected chi connectivity index (χ3v) is 5.71. The Labute approximate surface area is 198 Å². The second-order valence-electron chi connectivity index (χ2n) is 8.21. The molecule has 1 aromatic heterocycles. The molecule has 2 bridgehead atoms. The number of nitrogens with one attached hydrogen (secondary N) is 2. The highest BCUT2D eigenvalue weighted by molar-refractivity contribution is 5.93. The number of esters is 1. The summed E-state index contributed by atoms with van der Waals surface area (Å²) in [7, 11) is 1.28. The zero-order valence-electron chi connectivity index (χ0n) is 19.3. The van der Waals surface area contributed by atoms with Gasteiger partial charge in [-0.15, -0.1) is 0 Å². The number of aliphatic imine (C=N–C) groups is 1. The molecule has 1 aromatic carbocycles. The van der Waals surface area contributed by atoms with E-state index < -0.39 is 24.0 Å². The van der Waals surface area contributed by atoms with Crippen LogP contribution in [0.25, 0.3) is 10.9 Å². The van der Waals surface area contributed by atoms with E-state index in [1.807, 2.05) is 42.6 Å². The fraction of sp³-hybridized carbons (Fsp3) is 0.417. The molecule has 3 rings (SSSR count). The van der Waals surface area contributed by atoms with Crippen LogP contribution in [0.3, 0.4) is 0 Å². The lowest BCUT2D eigenvalue weighted by molar-refractivity contribution is -0.145. The largest absolute Gasteiger partial charge is 0.467 e. The molecule has 0 aliphatic carbocycles. The Morgan fingerprint density at radius 1 is 1.18 bits per heavy atom. The quantitative estimate of drug-likeness (QED) is 0.161. The van der Waals surface area contributed by atoms with E-state index in [4.69, 9.17) is 16.2 Å². The number of para-hydroxylation sites is 1. The first-order chi connectivity index (χ1) is 16.4. The van der Waals surface area contributed by atoms with Crippen LogP contribution >= 0.6 is 0 Å². The fourth-order valence-corrected chi connectivity index (χ4v) is 4.02. The summed E-state index contributed by atoms with van der Waals surface area (Å²) in [5, 5.41) is 6.57. The van der Waals surface area contributed by atoms with Gasteiger partial charge in [-0.2, -0.15) is 0 Å². The molecule has 2 amide bonds. The van der Waals surface area contributed by atoms with Crippen molar-refractivity contribution in [1.82, 2.24) is 15.2 Å². The number of allylic oxidation sites excluding steroid dienone is 1. The Morgan fingerprint density at radius 2 is 1.97 bits per heavy atom. The van der Waals surface area contributed by atoms with E-state index in [0.29, 0.717) is 32.4 Å². The van der Waals surface area contributed by atoms with E-state index in [0.717, 1.165) is 16.5 Å². The van der Waals surface area contributed by atoms with Gasteiger partial charge >= 0.3 is 5.97 Å². The number of unbranched alkanes of at least 4 members (excludes halogenated alkanes) is 1. The number of nitrogens with two attached hydrogens (primary N) is 2. The number of ether oxygens (including phenoxy) is 1. The molecule has 34 heavy (non-hydrogen) atoms. The highest BCUT2D eigenvalue weighted by Crippen LogP contribution is 2.22. The molecule has 0 spiro atoms. The van der Waals surface area contributed by atoms with E-state index >= 15 is 0 Å². The second-order valence-corrected chi connectivity index (χ2v) is 8.21. The maximum Gasteiger partial charge on any atom is 0.328 e. The number of guanidine groups is 1. The smallest absolute Gasteiger partial charge is 0.328 e. The molecule has 10 heteroatoms. The first-order valence-electron chi connectivity index (χ1n) is 11.3. The van der Waals surface area contributed by atoms with Gasteiger partial charge in [0.2, 0.25) is 11.8 Å². The maximum absolute atomic E-state index is 13.0. The van der Waals surface area contributed by atoms with E-state index in [2.05, 4.69) is 20.2 Å². The summed E-state index contributed by atoms with van der Waals surface area (Å²) in [5.41, 5.74) is 12.6. The zero-order chi connectivity index (χ0) is 24.5. The van der Waals surface area contributed by atoms with Crippen LogP contribution in [0.5, 0.6) is 0 Å². The topological polar surface area (TPSA) is 154 Å². The van der Waals surface area contributed by atoms with Crippen LogP contribution in [0, 0.1) is 0 Å². The van der Waals surface area contributed by atoms with Crippen molar-refractivity contribution < 1.29 is 19.1 Å². The third kappa shape index (κ3) is 6.60. The molecule has 0 fully saturated rings. The van der Waals surface area contributed by atoms with Gasteiger partial charge in [-0.1, -0.05) is 30.4 Å². The first kappa shape index (κ1) is 24.8. The number of hydrogen-bond acceptors (Lipinski definition) is 5. The van der Waals surface area contributed by atoms with Gasteiger partial charge in [0.05, 0.1) is 13.5 Å². The van der Waals surface area contributed by atoms with Crippen LogP contribution < -0.4 is 22.1 Å². The van der Waals surface area contributed by atoms with Crippen LogP contribution in [0.15, 0.2) is 47.6 Å². The summed E-state index contributed by atoms with van der Waals surface area (Å²) in [6.45, 7) is 1.00.